The van der Waals surface area contributed by atoms with Gasteiger partial charge in [0, 0.05) is 24.0 Å². The maximum absolute atomic E-state index is 10.6. The Kier molecular flexibility index (Phi) is 5.25. The van der Waals surface area contributed by atoms with E-state index in [2.05, 4.69) is 5.32 Å². The zero-order chi connectivity index (χ0) is 13.4. The second kappa shape index (κ2) is 6.96. The molecule has 0 bridgehead atoms. The molecule has 0 spiro atoms. The van der Waals surface area contributed by atoms with Crippen LogP contribution in [0.15, 0.2) is 54.6 Å². The fraction of sp³-hybridized carbons (Fsp3) is 0.0714. The van der Waals surface area contributed by atoms with Gasteiger partial charge >= 0.3 is 0 Å². The lowest BCUT2D eigenvalue weighted by atomic mass is 10.3. The van der Waals surface area contributed by atoms with Crippen molar-refractivity contribution in [2.45, 2.75) is 6.92 Å². The summed E-state index contributed by atoms with van der Waals surface area (Å²) in [4.78, 5) is 10.6. The van der Waals surface area contributed by atoms with E-state index in [0.717, 1.165) is 11.4 Å². The smallest absolute Gasteiger partial charge is 0.221 e. The molecule has 0 aliphatic heterocycles. The van der Waals surface area contributed by atoms with Gasteiger partial charge in [0.25, 0.3) is 0 Å². The highest BCUT2D eigenvalue weighted by Crippen LogP contribution is 2.10. The zero-order valence-corrected chi connectivity index (χ0v) is 10.3. The molecule has 2 aromatic rings. The van der Waals surface area contributed by atoms with Crippen LogP contribution < -0.4 is 16.8 Å². The van der Waals surface area contributed by atoms with E-state index in [1.54, 1.807) is 24.3 Å². The molecule has 4 nitrogen and oxygen atoms in total. The predicted molar refractivity (Wildman–Crippen MR) is 76.0 cm³/mol. The van der Waals surface area contributed by atoms with Gasteiger partial charge in [-0.15, -0.1) is 0 Å². The van der Waals surface area contributed by atoms with Gasteiger partial charge in [0.15, 0.2) is 0 Å². The minimum atomic E-state index is -0.0874. The van der Waals surface area contributed by atoms with Crippen molar-refractivity contribution in [2.24, 2.45) is 0 Å². The minimum Gasteiger partial charge on any atom is -0.399 e. The van der Waals surface area contributed by atoms with Crippen molar-refractivity contribution in [1.82, 2.24) is 0 Å². The van der Waals surface area contributed by atoms with E-state index in [9.17, 15) is 4.79 Å². The highest BCUT2D eigenvalue weighted by molar-refractivity contribution is 5.89. The number of benzene rings is 2. The monoisotopic (exact) mass is 243 g/mol. The highest BCUT2D eigenvalue weighted by atomic mass is 16.1. The molecule has 2 aromatic carbocycles. The van der Waals surface area contributed by atoms with Crippen molar-refractivity contribution in [2.75, 3.05) is 16.8 Å². The number of nitrogen functional groups attached to an aromatic ring is 2. The molecular weight excluding hydrogens is 226 g/mol. The van der Waals surface area contributed by atoms with Gasteiger partial charge in [-0.3, -0.25) is 4.79 Å². The lowest BCUT2D eigenvalue weighted by Crippen LogP contribution is -2.05. The molecule has 0 aliphatic rings. The number of carbonyl (C=O) groups is 1. The molecule has 0 aromatic heterocycles. The molecule has 0 unspecified atom stereocenters. The largest absolute Gasteiger partial charge is 0.399 e. The summed E-state index contributed by atoms with van der Waals surface area (Å²) in [6.07, 6.45) is 0. The molecule has 0 saturated carbocycles. The average molecular weight is 243 g/mol. The lowest BCUT2D eigenvalue weighted by Gasteiger charge is -2.01. The molecule has 94 valence electrons. The third kappa shape index (κ3) is 5.55. The van der Waals surface area contributed by atoms with E-state index in [1.807, 2.05) is 30.3 Å². The van der Waals surface area contributed by atoms with Crippen LogP contribution in [-0.2, 0) is 4.79 Å². The number of para-hydroxylation sites is 1. The molecule has 0 heterocycles. The second-order valence-corrected chi connectivity index (χ2v) is 3.72. The van der Waals surface area contributed by atoms with Crippen molar-refractivity contribution in [3.63, 3.8) is 0 Å². The first-order valence-electron chi connectivity index (χ1n) is 5.51. The summed E-state index contributed by atoms with van der Waals surface area (Å²) in [6, 6.07) is 16.5. The number of amides is 1. The lowest BCUT2D eigenvalue weighted by molar-refractivity contribution is -0.114. The zero-order valence-electron chi connectivity index (χ0n) is 10.3. The van der Waals surface area contributed by atoms with Crippen molar-refractivity contribution >= 4 is 23.0 Å². The van der Waals surface area contributed by atoms with Crippen LogP contribution in [0.3, 0.4) is 0 Å². The Labute approximate surface area is 107 Å². The number of rotatable bonds is 1. The van der Waals surface area contributed by atoms with E-state index in [0.29, 0.717) is 5.69 Å². The molecule has 4 heteroatoms. The summed E-state index contributed by atoms with van der Waals surface area (Å²) < 4.78 is 0. The minimum absolute atomic E-state index is 0.0874. The van der Waals surface area contributed by atoms with E-state index in [4.69, 9.17) is 11.5 Å². The Morgan fingerprint density at radius 3 is 2.00 bits per heavy atom. The second-order valence-electron chi connectivity index (χ2n) is 3.72. The summed E-state index contributed by atoms with van der Waals surface area (Å²) in [5.41, 5.74) is 13.0. The van der Waals surface area contributed by atoms with E-state index in [1.165, 1.54) is 6.92 Å². The summed E-state index contributed by atoms with van der Waals surface area (Å²) >= 11 is 0. The Morgan fingerprint density at radius 1 is 0.944 bits per heavy atom. The first kappa shape index (κ1) is 13.6. The summed E-state index contributed by atoms with van der Waals surface area (Å²) in [5.74, 6) is -0.0874. The molecule has 0 radical (unpaired) electrons. The third-order valence-corrected chi connectivity index (χ3v) is 2.01. The molecule has 0 atom stereocenters. The van der Waals surface area contributed by atoms with Crippen molar-refractivity contribution in [3.05, 3.63) is 54.6 Å². The van der Waals surface area contributed by atoms with Gasteiger partial charge in [-0.05, 0) is 30.3 Å². The van der Waals surface area contributed by atoms with E-state index >= 15 is 0 Å². The first-order valence-corrected chi connectivity index (χ1v) is 5.51. The number of nitrogens with two attached hydrogens (primary N) is 2. The van der Waals surface area contributed by atoms with Gasteiger partial charge in [0.1, 0.15) is 0 Å². The Bertz CT molecular complexity index is 497. The number of hydrogen-bond donors (Lipinski definition) is 3. The highest BCUT2D eigenvalue weighted by Gasteiger charge is 1.93. The summed E-state index contributed by atoms with van der Waals surface area (Å²) in [5, 5.41) is 2.63. The predicted octanol–water partition coefficient (Wildman–Crippen LogP) is 2.50. The van der Waals surface area contributed by atoms with Crippen LogP contribution in [0.25, 0.3) is 0 Å². The molecule has 1 amide bonds. The van der Waals surface area contributed by atoms with Crippen LogP contribution in [0, 0.1) is 0 Å². The molecule has 18 heavy (non-hydrogen) atoms. The number of carbonyl (C=O) groups excluding carboxylic acids is 1. The molecule has 0 aliphatic carbocycles. The Balaban J connectivity index is 0.000000199. The molecular formula is C14H17N3O. The SMILES string of the molecule is CC(=O)Nc1cccc(N)c1.Nc1ccccc1. The average Bonchev–Trinajstić information content (AvgIpc) is 2.30. The van der Waals surface area contributed by atoms with Gasteiger partial charge < -0.3 is 16.8 Å². The molecule has 0 saturated heterocycles. The van der Waals surface area contributed by atoms with Gasteiger partial charge in [0.05, 0.1) is 0 Å². The Morgan fingerprint density at radius 2 is 1.56 bits per heavy atom. The fourth-order valence-electron chi connectivity index (χ4n) is 1.27. The van der Waals surface area contributed by atoms with Crippen molar-refractivity contribution in [3.8, 4) is 0 Å². The van der Waals surface area contributed by atoms with E-state index < -0.39 is 0 Å². The van der Waals surface area contributed by atoms with Crippen molar-refractivity contribution < 1.29 is 4.79 Å². The summed E-state index contributed by atoms with van der Waals surface area (Å²) in [7, 11) is 0. The van der Waals surface area contributed by atoms with Crippen LogP contribution in [0.5, 0.6) is 0 Å². The van der Waals surface area contributed by atoms with Crippen LogP contribution in [-0.4, -0.2) is 5.91 Å². The Hall–Kier alpha value is -2.49. The third-order valence-electron chi connectivity index (χ3n) is 2.01. The first-order chi connectivity index (χ1) is 8.58. The van der Waals surface area contributed by atoms with Gasteiger partial charge in [0.2, 0.25) is 5.91 Å². The standard InChI is InChI=1S/C8H10N2O.C6H7N/c1-6(11)10-8-4-2-3-7(9)5-8;7-6-4-2-1-3-5-6/h2-5H,9H2,1H3,(H,10,11);1-5H,7H2. The van der Waals surface area contributed by atoms with Gasteiger partial charge in [-0.1, -0.05) is 24.3 Å². The topological polar surface area (TPSA) is 81.1 Å². The van der Waals surface area contributed by atoms with Crippen LogP contribution in [0.2, 0.25) is 0 Å². The van der Waals surface area contributed by atoms with Crippen LogP contribution in [0.1, 0.15) is 6.92 Å². The molecule has 5 N–H and O–H groups in total. The van der Waals surface area contributed by atoms with Crippen molar-refractivity contribution in [1.29, 1.82) is 0 Å². The van der Waals surface area contributed by atoms with Gasteiger partial charge in [-0.25, -0.2) is 0 Å². The van der Waals surface area contributed by atoms with E-state index in [-0.39, 0.29) is 5.91 Å². The van der Waals surface area contributed by atoms with Gasteiger partial charge in [-0.2, -0.15) is 0 Å². The number of anilines is 3. The number of hydrogen-bond acceptors (Lipinski definition) is 3. The quantitative estimate of drug-likeness (QED) is 0.673. The molecule has 2 rings (SSSR count). The summed E-state index contributed by atoms with van der Waals surface area (Å²) in [6.45, 7) is 1.46. The van der Waals surface area contributed by atoms with Crippen LogP contribution >= 0.6 is 0 Å². The normalized spacial score (nSPS) is 8.94. The van der Waals surface area contributed by atoms with Crippen LogP contribution in [0.4, 0.5) is 17.1 Å². The fourth-order valence-corrected chi connectivity index (χ4v) is 1.27. The number of nitrogens with one attached hydrogen (secondary N) is 1. The molecule has 0 fully saturated rings. The maximum Gasteiger partial charge on any atom is 0.221 e. The maximum atomic E-state index is 10.6.